The van der Waals surface area contributed by atoms with Crippen LogP contribution >= 0.6 is 0 Å². The molecule has 1 amide bonds. The van der Waals surface area contributed by atoms with E-state index >= 15 is 0 Å². The number of ketones is 1. The third-order valence-corrected chi connectivity index (χ3v) is 2.33. The molecule has 0 aromatic heterocycles. The van der Waals surface area contributed by atoms with E-state index in [-0.39, 0.29) is 6.42 Å². The lowest BCUT2D eigenvalue weighted by molar-refractivity contribution is -0.136. The Morgan fingerprint density at radius 3 is 2.06 bits per heavy atom. The lowest BCUT2D eigenvalue weighted by Gasteiger charge is -2.28. The first-order chi connectivity index (χ1) is 7.84. The van der Waals surface area contributed by atoms with Gasteiger partial charge in [-0.3, -0.25) is 9.59 Å². The van der Waals surface area contributed by atoms with Crippen molar-refractivity contribution in [1.29, 1.82) is 0 Å². The van der Waals surface area contributed by atoms with Crippen molar-refractivity contribution >= 4 is 11.7 Å². The first kappa shape index (κ1) is 16.0. The Hall–Kier alpha value is -1.02. The first-order valence-electron chi connectivity index (χ1n) is 5.30. The molecule has 4 atom stereocenters. The Labute approximate surface area is 99.1 Å². The van der Waals surface area contributed by atoms with Gasteiger partial charge in [0.05, 0.1) is 6.61 Å². The molecule has 0 aliphatic carbocycles. The fourth-order valence-electron chi connectivity index (χ4n) is 1.33. The van der Waals surface area contributed by atoms with Gasteiger partial charge in [0.1, 0.15) is 24.4 Å². The number of Topliss-reactive ketones (excluding diaryl/α,β-unsaturated/α-hetero) is 1. The van der Waals surface area contributed by atoms with E-state index in [1.807, 2.05) is 0 Å². The number of rotatable bonds is 7. The second kappa shape index (κ2) is 7.33. The van der Waals surface area contributed by atoms with Crippen LogP contribution in [0.4, 0.5) is 0 Å². The van der Waals surface area contributed by atoms with E-state index in [1.165, 1.54) is 0 Å². The molecule has 7 nitrogen and oxygen atoms in total. The van der Waals surface area contributed by atoms with E-state index in [2.05, 4.69) is 5.32 Å². The van der Waals surface area contributed by atoms with Crippen molar-refractivity contribution in [3.63, 3.8) is 0 Å². The molecule has 5 N–H and O–H groups in total. The normalized spacial score (nSPS) is 18.0. The first-order valence-corrected chi connectivity index (χ1v) is 5.30. The Morgan fingerprint density at radius 2 is 1.71 bits per heavy atom. The summed E-state index contributed by atoms with van der Waals surface area (Å²) in [6.45, 7) is 1.95. The lowest BCUT2D eigenvalue weighted by atomic mass is 9.96. The molecule has 0 heterocycles. The number of aliphatic hydroxyl groups excluding tert-OH is 4. The molecule has 0 bridgehead atoms. The van der Waals surface area contributed by atoms with Gasteiger partial charge in [-0.25, -0.2) is 0 Å². The maximum Gasteiger partial charge on any atom is 0.217 e. The molecule has 4 unspecified atom stereocenters. The van der Waals surface area contributed by atoms with Crippen molar-refractivity contribution in [3.8, 4) is 0 Å². The number of hydrogen-bond donors (Lipinski definition) is 5. The minimum atomic E-state index is -1.72. The Balaban J connectivity index is 4.78. The molecule has 0 spiro atoms. The van der Waals surface area contributed by atoms with E-state index in [4.69, 9.17) is 10.2 Å². The van der Waals surface area contributed by atoms with Crippen LogP contribution in [-0.2, 0) is 9.59 Å². The summed E-state index contributed by atoms with van der Waals surface area (Å²) in [4.78, 5) is 22.3. The van der Waals surface area contributed by atoms with Gasteiger partial charge < -0.3 is 25.7 Å². The monoisotopic (exact) mass is 249 g/mol. The van der Waals surface area contributed by atoms with Crippen molar-refractivity contribution in [1.82, 2.24) is 5.32 Å². The highest BCUT2D eigenvalue weighted by Gasteiger charge is 2.34. The summed E-state index contributed by atoms with van der Waals surface area (Å²) in [5.74, 6) is -1.02. The average Bonchev–Trinajstić information content (AvgIpc) is 2.31. The van der Waals surface area contributed by atoms with Crippen molar-refractivity contribution in [2.24, 2.45) is 0 Å². The molecule has 0 aromatic rings. The van der Waals surface area contributed by atoms with Crippen molar-refractivity contribution in [2.75, 3.05) is 6.61 Å². The van der Waals surface area contributed by atoms with Crippen LogP contribution in [0.5, 0.6) is 0 Å². The van der Waals surface area contributed by atoms with Gasteiger partial charge in [-0.2, -0.15) is 0 Å². The highest BCUT2D eigenvalue weighted by molar-refractivity contribution is 5.88. The number of amides is 1. The molecular weight excluding hydrogens is 230 g/mol. The maximum absolute atomic E-state index is 11.5. The van der Waals surface area contributed by atoms with Crippen LogP contribution < -0.4 is 5.32 Å². The Bertz CT molecular complexity index is 270. The number of aliphatic hydroxyl groups is 4. The SMILES string of the molecule is CCC(=O)C(NC(C)=O)C(O)C(O)C(O)CO. The van der Waals surface area contributed by atoms with Gasteiger partial charge in [-0.1, -0.05) is 6.92 Å². The van der Waals surface area contributed by atoms with Gasteiger partial charge in [0.15, 0.2) is 5.78 Å². The fraction of sp³-hybridized carbons (Fsp3) is 0.800. The molecule has 0 radical (unpaired) electrons. The van der Waals surface area contributed by atoms with Crippen LogP contribution in [0.3, 0.4) is 0 Å². The van der Waals surface area contributed by atoms with Gasteiger partial charge in [0.2, 0.25) is 5.91 Å². The zero-order valence-corrected chi connectivity index (χ0v) is 9.83. The maximum atomic E-state index is 11.5. The molecule has 0 fully saturated rings. The zero-order chi connectivity index (χ0) is 13.6. The summed E-state index contributed by atoms with van der Waals surface area (Å²) < 4.78 is 0. The van der Waals surface area contributed by atoms with Crippen LogP contribution in [-0.4, -0.2) is 63.1 Å². The summed E-state index contributed by atoms with van der Waals surface area (Å²) in [5.41, 5.74) is 0. The van der Waals surface area contributed by atoms with Crippen LogP contribution in [0.25, 0.3) is 0 Å². The van der Waals surface area contributed by atoms with Gasteiger partial charge >= 0.3 is 0 Å². The summed E-state index contributed by atoms with van der Waals surface area (Å²) in [7, 11) is 0. The highest BCUT2D eigenvalue weighted by Crippen LogP contribution is 2.07. The summed E-state index contributed by atoms with van der Waals surface area (Å²) in [5, 5.41) is 39.1. The third-order valence-electron chi connectivity index (χ3n) is 2.33. The molecule has 0 aromatic carbocycles. The van der Waals surface area contributed by atoms with E-state index in [1.54, 1.807) is 6.92 Å². The molecule has 0 saturated heterocycles. The topological polar surface area (TPSA) is 127 Å². The van der Waals surface area contributed by atoms with Crippen LogP contribution in [0.15, 0.2) is 0 Å². The predicted octanol–water partition coefficient (Wildman–Crippen LogP) is -2.45. The number of carbonyl (C=O) groups excluding carboxylic acids is 2. The van der Waals surface area contributed by atoms with Gasteiger partial charge in [0.25, 0.3) is 0 Å². The Kier molecular flexibility index (Phi) is 6.89. The molecule has 17 heavy (non-hydrogen) atoms. The van der Waals surface area contributed by atoms with Gasteiger partial charge in [-0.15, -0.1) is 0 Å². The van der Waals surface area contributed by atoms with Crippen LogP contribution in [0.2, 0.25) is 0 Å². The van der Waals surface area contributed by atoms with E-state index in [0.29, 0.717) is 0 Å². The van der Waals surface area contributed by atoms with E-state index < -0.39 is 42.7 Å². The summed E-state index contributed by atoms with van der Waals surface area (Å²) in [6.07, 6.45) is -4.91. The molecule has 100 valence electrons. The predicted molar refractivity (Wildman–Crippen MR) is 58.0 cm³/mol. The molecule has 0 aliphatic heterocycles. The minimum absolute atomic E-state index is 0.0595. The fourth-order valence-corrected chi connectivity index (χ4v) is 1.33. The van der Waals surface area contributed by atoms with E-state index in [0.717, 1.165) is 6.92 Å². The van der Waals surface area contributed by atoms with Crippen LogP contribution in [0, 0.1) is 0 Å². The van der Waals surface area contributed by atoms with Crippen molar-refractivity contribution < 1.29 is 30.0 Å². The molecule has 0 aliphatic rings. The molecule has 7 heteroatoms. The van der Waals surface area contributed by atoms with E-state index in [9.17, 15) is 19.8 Å². The van der Waals surface area contributed by atoms with Gasteiger partial charge in [-0.05, 0) is 0 Å². The molecule has 0 saturated carbocycles. The zero-order valence-electron chi connectivity index (χ0n) is 9.83. The average molecular weight is 249 g/mol. The lowest BCUT2D eigenvalue weighted by Crippen LogP contribution is -2.55. The second-order valence-corrected chi connectivity index (χ2v) is 3.73. The standard InChI is InChI=1S/C10H19NO6/c1-3-6(14)8(11-5(2)13)10(17)9(16)7(15)4-12/h7-10,12,15-17H,3-4H2,1-2H3,(H,11,13). The van der Waals surface area contributed by atoms with Crippen molar-refractivity contribution in [3.05, 3.63) is 0 Å². The molecule has 0 rings (SSSR count). The minimum Gasteiger partial charge on any atom is -0.394 e. The molecular formula is C10H19NO6. The van der Waals surface area contributed by atoms with Gasteiger partial charge in [0, 0.05) is 13.3 Å². The smallest absolute Gasteiger partial charge is 0.217 e. The summed E-state index contributed by atoms with van der Waals surface area (Å²) >= 11 is 0. The summed E-state index contributed by atoms with van der Waals surface area (Å²) in [6, 6.07) is -1.30. The number of nitrogens with one attached hydrogen (secondary N) is 1. The second-order valence-electron chi connectivity index (χ2n) is 3.73. The van der Waals surface area contributed by atoms with Crippen molar-refractivity contribution in [2.45, 2.75) is 44.6 Å². The highest BCUT2D eigenvalue weighted by atomic mass is 16.4. The number of hydrogen-bond acceptors (Lipinski definition) is 6. The number of carbonyl (C=O) groups is 2. The quantitative estimate of drug-likeness (QED) is 0.341. The third kappa shape index (κ3) is 4.78. The Morgan fingerprint density at radius 1 is 1.18 bits per heavy atom. The largest absolute Gasteiger partial charge is 0.394 e. The van der Waals surface area contributed by atoms with Crippen LogP contribution in [0.1, 0.15) is 20.3 Å².